The average molecular weight is 378 g/mol. The van der Waals surface area contributed by atoms with Gasteiger partial charge >= 0.3 is 0 Å². The Kier molecular flexibility index (Phi) is 6.20. The van der Waals surface area contributed by atoms with Crippen LogP contribution >= 0.6 is 11.6 Å². The third-order valence-electron chi connectivity index (χ3n) is 5.67. The Hall–Kier alpha value is -1.59. The van der Waals surface area contributed by atoms with Crippen molar-refractivity contribution < 1.29 is 9.59 Å². The summed E-state index contributed by atoms with van der Waals surface area (Å²) in [7, 11) is 0. The first-order valence-corrected chi connectivity index (χ1v) is 9.92. The number of nitrogens with one attached hydrogen (secondary N) is 1. The Labute approximate surface area is 160 Å². The van der Waals surface area contributed by atoms with Crippen LogP contribution in [0.4, 0.5) is 5.69 Å². The van der Waals surface area contributed by atoms with Gasteiger partial charge in [-0.2, -0.15) is 0 Å². The molecule has 2 atom stereocenters. The number of likely N-dealkylation sites (tertiary alicyclic amines) is 1. The van der Waals surface area contributed by atoms with Gasteiger partial charge in [0.2, 0.25) is 11.8 Å². The van der Waals surface area contributed by atoms with Crippen LogP contribution in [0.15, 0.2) is 24.3 Å². The van der Waals surface area contributed by atoms with Crippen LogP contribution in [0.2, 0.25) is 5.02 Å². The number of amides is 2. The fourth-order valence-electron chi connectivity index (χ4n) is 3.77. The van der Waals surface area contributed by atoms with E-state index in [9.17, 15) is 9.59 Å². The molecule has 5 nitrogen and oxygen atoms in total. The molecule has 0 aliphatic carbocycles. The number of carbonyl (C=O) groups excluding carboxylic acids is 2. The van der Waals surface area contributed by atoms with E-state index in [-0.39, 0.29) is 11.8 Å². The highest BCUT2D eigenvalue weighted by molar-refractivity contribution is 6.30. The molecule has 2 aliphatic heterocycles. The maximum atomic E-state index is 12.6. The molecule has 1 aromatic carbocycles. The van der Waals surface area contributed by atoms with E-state index >= 15 is 0 Å². The van der Waals surface area contributed by atoms with E-state index in [2.05, 4.69) is 24.1 Å². The number of hydrogen-bond donors (Lipinski definition) is 1. The van der Waals surface area contributed by atoms with Crippen LogP contribution < -0.4 is 10.2 Å². The quantitative estimate of drug-likeness (QED) is 0.803. The normalized spacial score (nSPS) is 23.3. The Morgan fingerprint density at radius 3 is 2.50 bits per heavy atom. The number of rotatable bonds is 5. The first kappa shape index (κ1) is 19.2. The summed E-state index contributed by atoms with van der Waals surface area (Å²) in [6, 6.07) is 7.47. The molecular formula is C20H28ClN3O2. The van der Waals surface area contributed by atoms with Gasteiger partial charge in [-0.15, -0.1) is 0 Å². The Morgan fingerprint density at radius 2 is 1.85 bits per heavy atom. The van der Waals surface area contributed by atoms with Crippen molar-refractivity contribution in [3.63, 3.8) is 0 Å². The predicted molar refractivity (Wildman–Crippen MR) is 104 cm³/mol. The summed E-state index contributed by atoms with van der Waals surface area (Å²) in [6.45, 7) is 7.78. The molecule has 6 heteroatoms. The van der Waals surface area contributed by atoms with Crippen LogP contribution in [-0.2, 0) is 9.59 Å². The summed E-state index contributed by atoms with van der Waals surface area (Å²) in [5.41, 5.74) is 0.797. The summed E-state index contributed by atoms with van der Waals surface area (Å²) >= 11 is 5.91. The van der Waals surface area contributed by atoms with Crippen molar-refractivity contribution >= 4 is 29.1 Å². The van der Waals surface area contributed by atoms with Gasteiger partial charge in [0.1, 0.15) is 5.92 Å². The zero-order chi connectivity index (χ0) is 18.7. The second-order valence-electron chi connectivity index (χ2n) is 7.62. The molecular weight excluding hydrogens is 350 g/mol. The van der Waals surface area contributed by atoms with E-state index in [0.717, 1.165) is 24.7 Å². The average Bonchev–Trinajstić information content (AvgIpc) is 3.02. The third-order valence-corrected chi connectivity index (χ3v) is 5.93. The molecule has 0 bridgehead atoms. The lowest BCUT2D eigenvalue weighted by Crippen LogP contribution is -2.47. The SMILES string of the molecule is CC1CCN([C@H](C)CNC(=O)[C@@H]2CCN(c3ccc(Cl)cc3)C2=O)CC1. The minimum atomic E-state index is -0.584. The molecule has 0 radical (unpaired) electrons. The topological polar surface area (TPSA) is 52.7 Å². The van der Waals surface area contributed by atoms with Crippen molar-refractivity contribution in [2.45, 2.75) is 39.2 Å². The van der Waals surface area contributed by atoms with Gasteiger partial charge in [-0.1, -0.05) is 18.5 Å². The van der Waals surface area contributed by atoms with Gasteiger partial charge in [0.05, 0.1) is 0 Å². The van der Waals surface area contributed by atoms with Crippen LogP contribution in [-0.4, -0.2) is 48.9 Å². The molecule has 0 aromatic heterocycles. The monoisotopic (exact) mass is 377 g/mol. The molecule has 2 fully saturated rings. The van der Waals surface area contributed by atoms with Crippen molar-refractivity contribution in [3.8, 4) is 0 Å². The predicted octanol–water partition coefficient (Wildman–Crippen LogP) is 2.93. The van der Waals surface area contributed by atoms with Crippen molar-refractivity contribution in [2.75, 3.05) is 31.1 Å². The maximum Gasteiger partial charge on any atom is 0.239 e. The molecule has 0 spiro atoms. The number of nitrogens with zero attached hydrogens (tertiary/aromatic N) is 2. The molecule has 142 valence electrons. The van der Waals surface area contributed by atoms with Gasteiger partial charge in [-0.25, -0.2) is 0 Å². The maximum absolute atomic E-state index is 12.6. The van der Waals surface area contributed by atoms with Crippen molar-refractivity contribution in [1.29, 1.82) is 0 Å². The first-order chi connectivity index (χ1) is 12.5. The highest BCUT2D eigenvalue weighted by Gasteiger charge is 2.37. The summed E-state index contributed by atoms with van der Waals surface area (Å²) in [6.07, 6.45) is 2.99. The fraction of sp³-hybridized carbons (Fsp3) is 0.600. The van der Waals surface area contributed by atoms with Gasteiger partial charge < -0.3 is 10.2 Å². The summed E-state index contributed by atoms with van der Waals surface area (Å²) < 4.78 is 0. The highest BCUT2D eigenvalue weighted by atomic mass is 35.5. The largest absolute Gasteiger partial charge is 0.354 e. The second-order valence-corrected chi connectivity index (χ2v) is 8.06. The number of carbonyl (C=O) groups is 2. The molecule has 0 saturated carbocycles. The highest BCUT2D eigenvalue weighted by Crippen LogP contribution is 2.26. The second kappa shape index (κ2) is 8.40. The number of piperidine rings is 1. The Balaban J connectivity index is 1.50. The zero-order valence-corrected chi connectivity index (χ0v) is 16.3. The summed E-state index contributed by atoms with van der Waals surface area (Å²) in [4.78, 5) is 29.3. The Morgan fingerprint density at radius 1 is 1.19 bits per heavy atom. The molecule has 0 unspecified atom stereocenters. The van der Waals surface area contributed by atoms with E-state index in [1.807, 2.05) is 12.1 Å². The van der Waals surface area contributed by atoms with Crippen molar-refractivity contribution in [1.82, 2.24) is 10.2 Å². The van der Waals surface area contributed by atoms with Gasteiger partial charge in [0.25, 0.3) is 0 Å². The van der Waals surface area contributed by atoms with Gasteiger partial charge in [0, 0.05) is 29.8 Å². The molecule has 2 amide bonds. The first-order valence-electron chi connectivity index (χ1n) is 9.54. The molecule has 2 aliphatic rings. The smallest absolute Gasteiger partial charge is 0.239 e. The van der Waals surface area contributed by atoms with E-state index in [1.165, 1.54) is 12.8 Å². The van der Waals surface area contributed by atoms with Crippen LogP contribution in [0, 0.1) is 11.8 Å². The minimum absolute atomic E-state index is 0.121. The van der Waals surface area contributed by atoms with Gasteiger partial charge in [-0.3, -0.25) is 14.5 Å². The van der Waals surface area contributed by atoms with Gasteiger partial charge in [0.15, 0.2) is 0 Å². The van der Waals surface area contributed by atoms with E-state index in [0.29, 0.717) is 30.6 Å². The summed E-state index contributed by atoms with van der Waals surface area (Å²) in [5, 5.41) is 3.63. The van der Waals surface area contributed by atoms with Gasteiger partial charge in [-0.05, 0) is 69.5 Å². The van der Waals surface area contributed by atoms with Crippen LogP contribution in [0.1, 0.15) is 33.1 Å². The molecule has 3 rings (SSSR count). The lowest BCUT2D eigenvalue weighted by atomic mass is 9.98. The van der Waals surface area contributed by atoms with Crippen LogP contribution in [0.3, 0.4) is 0 Å². The molecule has 1 aromatic rings. The lowest BCUT2D eigenvalue weighted by molar-refractivity contribution is -0.132. The van der Waals surface area contributed by atoms with E-state index in [1.54, 1.807) is 17.0 Å². The van der Waals surface area contributed by atoms with Crippen LogP contribution in [0.25, 0.3) is 0 Å². The molecule has 2 heterocycles. The lowest BCUT2D eigenvalue weighted by Gasteiger charge is -2.35. The summed E-state index contributed by atoms with van der Waals surface area (Å²) in [5.74, 6) is -0.0600. The zero-order valence-electron chi connectivity index (χ0n) is 15.6. The van der Waals surface area contributed by atoms with Crippen molar-refractivity contribution in [3.05, 3.63) is 29.3 Å². The number of halogens is 1. The van der Waals surface area contributed by atoms with Crippen molar-refractivity contribution in [2.24, 2.45) is 11.8 Å². The Bertz CT molecular complexity index is 641. The van der Waals surface area contributed by atoms with Crippen LogP contribution in [0.5, 0.6) is 0 Å². The molecule has 2 saturated heterocycles. The standard InChI is InChI=1S/C20H28ClN3O2/c1-14-7-10-23(11-8-14)15(2)13-22-19(25)18-9-12-24(20(18)26)17-5-3-16(21)4-6-17/h3-6,14-15,18H,7-13H2,1-2H3,(H,22,25)/t15-,18+/m1/s1. The molecule has 26 heavy (non-hydrogen) atoms. The number of benzene rings is 1. The van der Waals surface area contributed by atoms with E-state index in [4.69, 9.17) is 11.6 Å². The number of hydrogen-bond acceptors (Lipinski definition) is 3. The fourth-order valence-corrected chi connectivity index (χ4v) is 3.90. The van der Waals surface area contributed by atoms with E-state index < -0.39 is 5.92 Å². The minimum Gasteiger partial charge on any atom is -0.354 e. The number of anilines is 1. The molecule has 1 N–H and O–H groups in total. The third kappa shape index (κ3) is 4.38.